The number of amides is 1. The number of benzene rings is 1. The molecular formula is C25H28F3N7O3S. The molecular weight excluding hydrogens is 535 g/mol. The van der Waals surface area contributed by atoms with Crippen molar-refractivity contribution >= 4 is 43.8 Å². The third-order valence-electron chi connectivity index (χ3n) is 6.80. The number of carbonyl (C=O) groups excluding carboxylic acids is 1. The lowest BCUT2D eigenvalue weighted by molar-refractivity contribution is 0.0937. The number of nitrogens with one attached hydrogen (secondary N) is 1. The molecule has 3 heterocycles. The van der Waals surface area contributed by atoms with Gasteiger partial charge in [-0.3, -0.25) is 4.79 Å². The van der Waals surface area contributed by atoms with Gasteiger partial charge in [-0.25, -0.2) is 22.8 Å². The van der Waals surface area contributed by atoms with Crippen LogP contribution in [-0.4, -0.2) is 58.8 Å². The van der Waals surface area contributed by atoms with Gasteiger partial charge in [0.05, 0.1) is 28.5 Å². The number of hydrogen-bond acceptors (Lipinski definition) is 6. The summed E-state index contributed by atoms with van der Waals surface area (Å²) in [6.07, 6.45) is 2.67. The smallest absolute Gasteiger partial charge is 0.329 e. The molecule has 1 aliphatic carbocycles. The van der Waals surface area contributed by atoms with E-state index in [0.29, 0.717) is 52.3 Å². The van der Waals surface area contributed by atoms with Crippen LogP contribution in [0.15, 0.2) is 30.3 Å². The predicted octanol–water partition coefficient (Wildman–Crippen LogP) is 3.20. The number of rotatable bonds is 9. The van der Waals surface area contributed by atoms with E-state index in [9.17, 15) is 26.4 Å². The minimum atomic E-state index is -4.28. The highest BCUT2D eigenvalue weighted by molar-refractivity contribution is 7.92. The van der Waals surface area contributed by atoms with Gasteiger partial charge in [-0.15, -0.1) is 0 Å². The largest absolute Gasteiger partial charge is 0.348 e. The molecule has 0 aliphatic heterocycles. The monoisotopic (exact) mass is 563 g/mol. The Hall–Kier alpha value is -3.65. The van der Waals surface area contributed by atoms with Crippen LogP contribution < -0.4 is 15.4 Å². The number of anilines is 1. The van der Waals surface area contributed by atoms with Gasteiger partial charge in [-0.2, -0.15) is 13.1 Å². The molecule has 0 spiro atoms. The molecule has 1 aliphatic rings. The summed E-state index contributed by atoms with van der Waals surface area (Å²) in [5.74, 6) is -0.912. The molecule has 1 aromatic carbocycles. The van der Waals surface area contributed by atoms with Crippen molar-refractivity contribution in [2.24, 2.45) is 18.7 Å². The number of halogens is 3. The number of fused-ring (bicyclic) bond motifs is 2. The number of carbonyl (C=O) groups is 1. The molecule has 3 aromatic heterocycles. The van der Waals surface area contributed by atoms with Crippen LogP contribution in [0.25, 0.3) is 33.6 Å². The average Bonchev–Trinajstić information content (AvgIpc) is 3.54. The number of sulfonamides is 1. The highest BCUT2D eigenvalue weighted by Gasteiger charge is 2.30. The number of imidazole rings is 1. The Balaban J connectivity index is 1.65. The van der Waals surface area contributed by atoms with Crippen LogP contribution >= 0.6 is 0 Å². The lowest BCUT2D eigenvalue weighted by atomic mass is 10.1. The van der Waals surface area contributed by atoms with Crippen LogP contribution in [0.2, 0.25) is 0 Å². The summed E-state index contributed by atoms with van der Waals surface area (Å²) >= 11 is 0. The van der Waals surface area contributed by atoms with Crippen LogP contribution in [0.5, 0.6) is 0 Å². The number of alkyl halides is 2. The normalized spacial score (nSPS) is 14.9. The highest BCUT2D eigenvalue weighted by Crippen LogP contribution is 2.37. The standard InChI is InChI=1S/C25H28F3N7O3S/c1-13(11-29)30-24(36)16-9-18-19(10-17(16)26)33(2)23(31-18)20-8-15-6-7-21(35(25(27)28)39(3,37)38)32-22(15)34(20)12-14-4-5-14/h6-10,13-14,25H,4-5,11-12,29H2,1-3H3,(H,30,36)/t13-/m1/s1. The van der Waals surface area contributed by atoms with E-state index in [-0.39, 0.29) is 22.5 Å². The summed E-state index contributed by atoms with van der Waals surface area (Å²) in [7, 11) is -2.57. The van der Waals surface area contributed by atoms with Crippen molar-refractivity contribution < 1.29 is 26.4 Å². The molecule has 0 saturated heterocycles. The molecule has 1 amide bonds. The molecule has 3 N–H and O–H groups in total. The van der Waals surface area contributed by atoms with E-state index in [4.69, 9.17) is 10.7 Å². The fraction of sp³-hybridized carbons (Fsp3) is 0.400. The third kappa shape index (κ3) is 5.05. The fourth-order valence-electron chi connectivity index (χ4n) is 4.56. The van der Waals surface area contributed by atoms with Crippen molar-refractivity contribution in [2.75, 3.05) is 17.1 Å². The maximum absolute atomic E-state index is 15.0. The van der Waals surface area contributed by atoms with Crippen molar-refractivity contribution in [1.29, 1.82) is 0 Å². The zero-order valence-electron chi connectivity index (χ0n) is 21.5. The molecule has 0 unspecified atom stereocenters. The molecule has 208 valence electrons. The second-order valence-corrected chi connectivity index (χ2v) is 11.8. The molecule has 5 rings (SSSR count). The molecule has 14 heteroatoms. The first kappa shape index (κ1) is 26.9. The van der Waals surface area contributed by atoms with Crippen molar-refractivity contribution in [2.45, 2.75) is 38.9 Å². The molecule has 1 saturated carbocycles. The first-order valence-electron chi connectivity index (χ1n) is 12.3. The lowest BCUT2D eigenvalue weighted by Crippen LogP contribution is -2.38. The average molecular weight is 564 g/mol. The zero-order valence-corrected chi connectivity index (χ0v) is 22.3. The third-order valence-corrected chi connectivity index (χ3v) is 7.86. The molecule has 4 aromatic rings. The van der Waals surface area contributed by atoms with E-state index >= 15 is 0 Å². The van der Waals surface area contributed by atoms with Crippen LogP contribution in [0.1, 0.15) is 30.1 Å². The van der Waals surface area contributed by atoms with Crippen molar-refractivity contribution in [3.8, 4) is 11.5 Å². The van der Waals surface area contributed by atoms with Gasteiger partial charge in [0.15, 0.2) is 5.82 Å². The highest BCUT2D eigenvalue weighted by atomic mass is 32.2. The minimum Gasteiger partial charge on any atom is -0.348 e. The Labute approximate surface area is 222 Å². The minimum absolute atomic E-state index is 0.0173. The van der Waals surface area contributed by atoms with E-state index in [1.807, 2.05) is 4.57 Å². The molecule has 1 atom stereocenters. The van der Waals surface area contributed by atoms with E-state index in [2.05, 4.69) is 10.3 Å². The summed E-state index contributed by atoms with van der Waals surface area (Å²) in [4.78, 5) is 21.6. The zero-order chi connectivity index (χ0) is 28.2. The first-order chi connectivity index (χ1) is 18.4. The van der Waals surface area contributed by atoms with Gasteiger partial charge in [0.1, 0.15) is 17.3 Å². The fourth-order valence-corrected chi connectivity index (χ4v) is 5.29. The van der Waals surface area contributed by atoms with Crippen LogP contribution in [0.4, 0.5) is 19.0 Å². The predicted molar refractivity (Wildman–Crippen MR) is 141 cm³/mol. The number of nitrogens with zero attached hydrogens (tertiary/aromatic N) is 5. The first-order valence-corrected chi connectivity index (χ1v) is 14.2. The Morgan fingerprint density at radius 3 is 2.56 bits per heavy atom. The van der Waals surface area contributed by atoms with Crippen LogP contribution in [0, 0.1) is 11.7 Å². The van der Waals surface area contributed by atoms with Crippen LogP contribution in [0.3, 0.4) is 0 Å². The van der Waals surface area contributed by atoms with Crippen molar-refractivity contribution in [3.63, 3.8) is 0 Å². The molecule has 39 heavy (non-hydrogen) atoms. The topological polar surface area (TPSA) is 128 Å². The number of nitrogens with two attached hydrogens (primary N) is 1. The van der Waals surface area contributed by atoms with E-state index in [0.717, 1.165) is 12.8 Å². The lowest BCUT2D eigenvalue weighted by Gasteiger charge is -2.20. The van der Waals surface area contributed by atoms with E-state index < -0.39 is 34.1 Å². The Morgan fingerprint density at radius 2 is 1.95 bits per heavy atom. The number of aromatic nitrogens is 4. The van der Waals surface area contributed by atoms with Gasteiger partial charge in [0.2, 0.25) is 10.0 Å². The van der Waals surface area contributed by atoms with Gasteiger partial charge in [0.25, 0.3) is 5.91 Å². The van der Waals surface area contributed by atoms with E-state index in [1.54, 1.807) is 24.6 Å². The molecule has 1 fully saturated rings. The van der Waals surface area contributed by atoms with Crippen molar-refractivity contribution in [1.82, 2.24) is 24.4 Å². The Morgan fingerprint density at radius 1 is 1.23 bits per heavy atom. The summed E-state index contributed by atoms with van der Waals surface area (Å²) in [6, 6.07) is 6.84. The summed E-state index contributed by atoms with van der Waals surface area (Å²) < 4.78 is 69.9. The van der Waals surface area contributed by atoms with Gasteiger partial charge in [-0.05, 0) is 49.9 Å². The summed E-state index contributed by atoms with van der Waals surface area (Å²) in [5.41, 5.74) is 7.17. The summed E-state index contributed by atoms with van der Waals surface area (Å²) in [6.45, 7) is -0.873. The number of aryl methyl sites for hydroxylation is 1. The SMILES string of the molecule is C[C@H](CN)NC(=O)c1cc2nc(-c3cc4ccc(N(C(F)F)S(C)(=O)=O)nc4n3CC3CC3)n(C)c2cc1F. The number of hydrogen-bond donors (Lipinski definition) is 2. The van der Waals surface area contributed by atoms with E-state index in [1.165, 1.54) is 24.3 Å². The Kier molecular flexibility index (Phi) is 6.79. The molecule has 0 bridgehead atoms. The maximum atomic E-state index is 15.0. The Bertz CT molecular complexity index is 1700. The van der Waals surface area contributed by atoms with Crippen molar-refractivity contribution in [3.05, 3.63) is 41.7 Å². The van der Waals surface area contributed by atoms with Crippen LogP contribution in [-0.2, 0) is 23.6 Å². The van der Waals surface area contributed by atoms with Gasteiger partial charge < -0.3 is 20.2 Å². The van der Waals surface area contributed by atoms with Gasteiger partial charge in [0, 0.05) is 37.6 Å². The maximum Gasteiger partial charge on any atom is 0.329 e. The second-order valence-electron chi connectivity index (χ2n) is 9.93. The second kappa shape index (κ2) is 9.83. The van der Waals surface area contributed by atoms with Gasteiger partial charge >= 0.3 is 6.55 Å². The molecule has 10 nitrogen and oxygen atoms in total. The summed E-state index contributed by atoms with van der Waals surface area (Å²) in [5, 5.41) is 3.24. The van der Waals surface area contributed by atoms with Gasteiger partial charge in [-0.1, -0.05) is 0 Å². The molecule has 0 radical (unpaired) electrons. The quantitative estimate of drug-likeness (QED) is 0.301. The number of pyridine rings is 1.